The Morgan fingerprint density at radius 1 is 0.946 bits per heavy atom. The van der Waals surface area contributed by atoms with Crippen LogP contribution in [0.2, 0.25) is 0 Å². The molecule has 4 aromatic rings. The van der Waals surface area contributed by atoms with Crippen molar-refractivity contribution in [1.82, 2.24) is 4.98 Å². The number of phenols is 1. The summed E-state index contributed by atoms with van der Waals surface area (Å²) in [6.07, 6.45) is 7.12. The number of phenolic OH excluding ortho intramolecular Hbond substituents is 1. The number of aromatic nitrogens is 1. The van der Waals surface area contributed by atoms with Gasteiger partial charge in [-0.15, -0.1) is 11.3 Å². The molecule has 4 nitrogen and oxygen atoms in total. The first-order valence-corrected chi connectivity index (χ1v) is 13.9. The van der Waals surface area contributed by atoms with E-state index in [1.807, 2.05) is 48.8 Å². The number of aryl methyl sites for hydroxylation is 1. The third kappa shape index (κ3) is 7.53. The minimum Gasteiger partial charge on any atom is -0.508 e. The SMILES string of the molecule is CC(=O)c1ccc(CN(C)c2nc(-c3ccc(O)cc3)cs2)cc1.Cc1ccc(C2CCCCC2)cc1. The summed E-state index contributed by atoms with van der Waals surface area (Å²) in [5.41, 5.74) is 6.67. The lowest BCUT2D eigenvalue weighted by atomic mass is 9.84. The fourth-order valence-corrected chi connectivity index (χ4v) is 5.47. The zero-order valence-corrected chi connectivity index (χ0v) is 22.8. The van der Waals surface area contributed by atoms with Gasteiger partial charge >= 0.3 is 0 Å². The lowest BCUT2D eigenvalue weighted by Gasteiger charge is -2.21. The Labute approximate surface area is 224 Å². The molecule has 1 saturated carbocycles. The number of hydrogen-bond acceptors (Lipinski definition) is 5. The van der Waals surface area contributed by atoms with E-state index in [0.29, 0.717) is 0 Å². The molecule has 0 aliphatic heterocycles. The van der Waals surface area contributed by atoms with E-state index in [1.54, 1.807) is 36.0 Å². The molecule has 1 aliphatic rings. The molecule has 0 bridgehead atoms. The fourth-order valence-electron chi connectivity index (χ4n) is 4.67. The standard InChI is InChI=1S/C19H18N2O2S.C13H18/c1-13(22)15-5-3-14(4-6-15)11-21(2)19-20-18(12-24-19)16-7-9-17(23)10-8-16;1-11-7-9-13(10-8-11)12-5-3-2-4-6-12/h3-10,12,23H,11H2,1-2H3;7-10,12H,2-6H2,1H3. The Hall–Kier alpha value is -3.44. The van der Waals surface area contributed by atoms with Crippen LogP contribution in [0.25, 0.3) is 11.3 Å². The molecule has 1 N–H and O–H groups in total. The molecule has 0 saturated heterocycles. The molecule has 1 fully saturated rings. The van der Waals surface area contributed by atoms with E-state index in [9.17, 15) is 9.90 Å². The lowest BCUT2D eigenvalue weighted by Crippen LogP contribution is -2.16. The first kappa shape index (κ1) is 26.6. The van der Waals surface area contributed by atoms with Gasteiger partial charge in [0.05, 0.1) is 5.69 Å². The normalized spacial score (nSPS) is 13.5. The Bertz CT molecular complexity index is 1270. The van der Waals surface area contributed by atoms with Gasteiger partial charge < -0.3 is 10.0 Å². The highest BCUT2D eigenvalue weighted by Crippen LogP contribution is 2.32. The Morgan fingerprint density at radius 3 is 2.22 bits per heavy atom. The van der Waals surface area contributed by atoms with Gasteiger partial charge in [-0.25, -0.2) is 4.98 Å². The van der Waals surface area contributed by atoms with Gasteiger partial charge in [-0.2, -0.15) is 0 Å². The van der Waals surface area contributed by atoms with Gasteiger partial charge in [0.2, 0.25) is 0 Å². The second kappa shape index (κ2) is 12.7. The summed E-state index contributed by atoms with van der Waals surface area (Å²) in [5.74, 6) is 1.18. The highest BCUT2D eigenvalue weighted by atomic mass is 32.1. The number of aromatic hydroxyl groups is 1. The van der Waals surface area contributed by atoms with E-state index in [4.69, 9.17) is 0 Å². The summed E-state index contributed by atoms with van der Waals surface area (Å²) in [6.45, 7) is 4.45. The van der Waals surface area contributed by atoms with Crippen LogP contribution >= 0.6 is 11.3 Å². The van der Waals surface area contributed by atoms with E-state index in [2.05, 4.69) is 41.1 Å². The van der Waals surface area contributed by atoms with Crippen molar-refractivity contribution < 1.29 is 9.90 Å². The van der Waals surface area contributed by atoms with E-state index in [-0.39, 0.29) is 11.5 Å². The summed E-state index contributed by atoms with van der Waals surface area (Å²) < 4.78 is 0. The highest BCUT2D eigenvalue weighted by molar-refractivity contribution is 7.14. The quantitative estimate of drug-likeness (QED) is 0.264. The van der Waals surface area contributed by atoms with E-state index < -0.39 is 0 Å². The number of benzene rings is 3. The molecule has 0 amide bonds. The Balaban J connectivity index is 0.000000207. The Kier molecular flexibility index (Phi) is 9.13. The van der Waals surface area contributed by atoms with Crippen molar-refractivity contribution in [2.45, 2.75) is 58.4 Å². The van der Waals surface area contributed by atoms with Crippen molar-refractivity contribution in [3.05, 3.63) is 100 Å². The number of hydrogen-bond donors (Lipinski definition) is 1. The minimum atomic E-state index is 0.0772. The van der Waals surface area contributed by atoms with E-state index in [1.165, 1.54) is 37.7 Å². The maximum atomic E-state index is 11.3. The van der Waals surface area contributed by atoms with Gasteiger partial charge in [0, 0.05) is 30.1 Å². The zero-order chi connectivity index (χ0) is 26.2. The predicted octanol–water partition coefficient (Wildman–Crippen LogP) is 8.40. The fraction of sp³-hybridized carbons (Fsp3) is 0.312. The lowest BCUT2D eigenvalue weighted by molar-refractivity contribution is 0.101. The molecule has 0 spiro atoms. The van der Waals surface area contributed by atoms with Crippen molar-refractivity contribution in [2.75, 3.05) is 11.9 Å². The van der Waals surface area contributed by atoms with Gasteiger partial charge in [0.15, 0.2) is 10.9 Å². The second-order valence-electron chi connectivity index (χ2n) is 9.92. The van der Waals surface area contributed by atoms with Crippen molar-refractivity contribution in [2.24, 2.45) is 0 Å². The third-order valence-corrected chi connectivity index (χ3v) is 7.87. The van der Waals surface area contributed by atoms with Crippen molar-refractivity contribution in [3.8, 4) is 17.0 Å². The molecular formula is C32H36N2O2S. The number of carbonyl (C=O) groups excluding carboxylic acids is 1. The molecule has 5 heteroatoms. The number of thiazole rings is 1. The van der Waals surface area contributed by atoms with Gasteiger partial charge in [-0.05, 0) is 68.0 Å². The van der Waals surface area contributed by atoms with Crippen LogP contribution in [0.3, 0.4) is 0 Å². The van der Waals surface area contributed by atoms with Crippen LogP contribution in [0.4, 0.5) is 5.13 Å². The predicted molar refractivity (Wildman–Crippen MR) is 155 cm³/mol. The highest BCUT2D eigenvalue weighted by Gasteiger charge is 2.14. The van der Waals surface area contributed by atoms with Gasteiger partial charge in [-0.3, -0.25) is 4.79 Å². The summed E-state index contributed by atoms with van der Waals surface area (Å²) in [5, 5.41) is 12.3. The van der Waals surface area contributed by atoms with Crippen LogP contribution in [0, 0.1) is 6.92 Å². The van der Waals surface area contributed by atoms with Crippen LogP contribution in [0.1, 0.15) is 72.0 Å². The topological polar surface area (TPSA) is 53.4 Å². The van der Waals surface area contributed by atoms with Crippen molar-refractivity contribution >= 4 is 22.3 Å². The van der Waals surface area contributed by atoms with Crippen molar-refractivity contribution in [3.63, 3.8) is 0 Å². The average molecular weight is 513 g/mol. The maximum absolute atomic E-state index is 11.3. The summed E-state index contributed by atoms with van der Waals surface area (Å²) >= 11 is 1.58. The molecule has 192 valence electrons. The molecule has 0 unspecified atom stereocenters. The molecule has 1 heterocycles. The monoisotopic (exact) mass is 512 g/mol. The molecule has 1 aliphatic carbocycles. The van der Waals surface area contributed by atoms with E-state index >= 15 is 0 Å². The zero-order valence-electron chi connectivity index (χ0n) is 22.0. The minimum absolute atomic E-state index is 0.0772. The van der Waals surface area contributed by atoms with Crippen LogP contribution in [0.15, 0.2) is 78.2 Å². The molecule has 0 radical (unpaired) electrons. The first-order valence-electron chi connectivity index (χ1n) is 13.0. The third-order valence-electron chi connectivity index (χ3n) is 6.92. The van der Waals surface area contributed by atoms with Crippen LogP contribution in [-0.4, -0.2) is 22.9 Å². The second-order valence-corrected chi connectivity index (χ2v) is 10.8. The average Bonchev–Trinajstić information content (AvgIpc) is 3.41. The number of ketones is 1. The molecular weight excluding hydrogens is 476 g/mol. The summed E-state index contributed by atoms with van der Waals surface area (Å²) in [7, 11) is 2.00. The molecule has 5 rings (SSSR count). The smallest absolute Gasteiger partial charge is 0.185 e. The number of rotatable bonds is 6. The molecule has 1 aromatic heterocycles. The molecule has 0 atom stereocenters. The maximum Gasteiger partial charge on any atom is 0.185 e. The largest absolute Gasteiger partial charge is 0.508 e. The number of nitrogens with zero attached hydrogens (tertiary/aromatic N) is 2. The number of carbonyl (C=O) groups is 1. The number of Topliss-reactive ketones (excluding diaryl/α,β-unsaturated/α-hetero) is 1. The van der Waals surface area contributed by atoms with Crippen LogP contribution in [0.5, 0.6) is 5.75 Å². The van der Waals surface area contributed by atoms with Gasteiger partial charge in [0.1, 0.15) is 5.75 Å². The molecule has 3 aromatic carbocycles. The van der Waals surface area contributed by atoms with Crippen LogP contribution in [-0.2, 0) is 6.54 Å². The summed E-state index contributed by atoms with van der Waals surface area (Å²) in [4.78, 5) is 18.1. The Morgan fingerprint density at radius 2 is 1.59 bits per heavy atom. The summed E-state index contributed by atoms with van der Waals surface area (Å²) in [6, 6.07) is 23.8. The van der Waals surface area contributed by atoms with Gasteiger partial charge in [0.25, 0.3) is 0 Å². The first-order chi connectivity index (χ1) is 17.9. The van der Waals surface area contributed by atoms with Crippen LogP contribution < -0.4 is 4.90 Å². The van der Waals surface area contributed by atoms with Gasteiger partial charge in [-0.1, -0.05) is 73.4 Å². The van der Waals surface area contributed by atoms with E-state index in [0.717, 1.165) is 40.0 Å². The van der Waals surface area contributed by atoms with Crippen molar-refractivity contribution in [1.29, 1.82) is 0 Å². The number of anilines is 1. The molecule has 37 heavy (non-hydrogen) atoms.